The van der Waals surface area contributed by atoms with Crippen LogP contribution in [0.25, 0.3) is 0 Å². The fraction of sp³-hybridized carbons (Fsp3) is 0.690. The molecule has 7 nitrogen and oxygen atoms in total. The van der Waals surface area contributed by atoms with Crippen LogP contribution >= 0.6 is 0 Å². The van der Waals surface area contributed by atoms with Gasteiger partial charge in [0, 0.05) is 25.9 Å². The molecule has 0 aromatic heterocycles. The van der Waals surface area contributed by atoms with Crippen molar-refractivity contribution >= 4 is 22.6 Å². The van der Waals surface area contributed by atoms with E-state index in [1.54, 1.807) is 7.11 Å². The SMILES string of the molecule is C=C1CCC[C@H]2O[C@@H](C=C[C@@H]2OC)CC#CC(=O)OC([C@H](/C=C/[C@@H]2CC(C)=CCO2)O[Si](C)(C)C(C)(C)C)C/C=C/[C@@H](O[Si](C)(C)C(C)(C)C)C1. The molecule has 0 spiro atoms. The quantitative estimate of drug-likeness (QED) is 0.0807. The van der Waals surface area contributed by atoms with Crippen LogP contribution in [0.2, 0.25) is 36.3 Å². The van der Waals surface area contributed by atoms with Gasteiger partial charge in [-0.15, -0.1) is 0 Å². The summed E-state index contributed by atoms with van der Waals surface area (Å²) in [4.78, 5) is 13.4. The van der Waals surface area contributed by atoms with Crippen LogP contribution in [0.3, 0.4) is 0 Å². The van der Waals surface area contributed by atoms with Gasteiger partial charge in [-0.2, -0.15) is 0 Å². The Morgan fingerprint density at radius 2 is 1.73 bits per heavy atom. The molecule has 0 aromatic carbocycles. The summed E-state index contributed by atoms with van der Waals surface area (Å²) in [6, 6.07) is 0. The van der Waals surface area contributed by atoms with Gasteiger partial charge in [0.25, 0.3) is 0 Å². The van der Waals surface area contributed by atoms with E-state index in [9.17, 15) is 4.79 Å². The van der Waals surface area contributed by atoms with Gasteiger partial charge in [-0.25, -0.2) is 4.79 Å². The van der Waals surface area contributed by atoms with Crippen molar-refractivity contribution in [3.63, 3.8) is 0 Å². The molecule has 3 aliphatic heterocycles. The molecule has 0 fully saturated rings. The zero-order valence-corrected chi connectivity index (χ0v) is 35.8. The lowest BCUT2D eigenvalue weighted by Gasteiger charge is -2.40. The van der Waals surface area contributed by atoms with Crippen LogP contribution < -0.4 is 0 Å². The molecule has 51 heavy (non-hydrogen) atoms. The largest absolute Gasteiger partial charge is 0.449 e. The maximum Gasteiger partial charge on any atom is 0.384 e. The summed E-state index contributed by atoms with van der Waals surface area (Å²) in [5.74, 6) is 5.22. The number of methoxy groups -OCH3 is 1. The van der Waals surface area contributed by atoms with Gasteiger partial charge in [-0.3, -0.25) is 0 Å². The molecule has 9 heteroatoms. The standard InChI is InChI=1S/C42H68O7Si2/c1-31-17-14-20-37-36(44-9)25-23-33(46-37)18-16-22-40(43)47-38(21-15-19-35(30-31)48-50(10,11)41(3,4)5)39(49-51(12,13)42(6,7)8)26-24-34-29-32(2)27-28-45-34/h15,19,23-27,33-39H,1,14,17-18,20-21,28-30H2,2-13H3/b19-15+,26-24+/t33-,34-,35-,36+,37-,38?,39+/m1/s1. The van der Waals surface area contributed by atoms with Gasteiger partial charge in [-0.05, 0) is 75.3 Å². The Morgan fingerprint density at radius 3 is 2.37 bits per heavy atom. The molecular formula is C42H68O7Si2. The van der Waals surface area contributed by atoms with E-state index >= 15 is 0 Å². The van der Waals surface area contributed by atoms with E-state index in [1.807, 2.05) is 12.2 Å². The van der Waals surface area contributed by atoms with Gasteiger partial charge in [0.15, 0.2) is 16.6 Å². The minimum atomic E-state index is -2.30. The molecule has 2 bridgehead atoms. The van der Waals surface area contributed by atoms with Crippen molar-refractivity contribution in [2.75, 3.05) is 13.7 Å². The lowest BCUT2D eigenvalue weighted by Crippen LogP contribution is -2.47. The Kier molecular flexibility index (Phi) is 16.0. The third-order valence-electron chi connectivity index (χ3n) is 11.1. The molecule has 7 atom stereocenters. The first-order chi connectivity index (χ1) is 23.7. The summed E-state index contributed by atoms with van der Waals surface area (Å²) in [5.41, 5.74) is 2.45. The zero-order chi connectivity index (χ0) is 38.0. The highest BCUT2D eigenvalue weighted by Gasteiger charge is 2.41. The highest BCUT2D eigenvalue weighted by atomic mass is 28.4. The Balaban J connectivity index is 2.03. The second kappa shape index (κ2) is 18.8. The first kappa shape index (κ1) is 43.4. The average molecular weight is 741 g/mol. The van der Waals surface area contributed by atoms with Crippen molar-refractivity contribution in [1.29, 1.82) is 0 Å². The highest BCUT2D eigenvalue weighted by Crippen LogP contribution is 2.40. The smallest absolute Gasteiger partial charge is 0.384 e. The van der Waals surface area contributed by atoms with E-state index in [0.29, 0.717) is 19.4 Å². The lowest BCUT2D eigenvalue weighted by atomic mass is 9.98. The number of hydrogen-bond acceptors (Lipinski definition) is 7. The van der Waals surface area contributed by atoms with Gasteiger partial charge in [0.2, 0.25) is 0 Å². The second-order valence-electron chi connectivity index (χ2n) is 17.5. The number of fused-ring (bicyclic) bond motifs is 2. The van der Waals surface area contributed by atoms with Gasteiger partial charge < -0.3 is 27.8 Å². The van der Waals surface area contributed by atoms with E-state index in [4.69, 9.17) is 27.8 Å². The molecule has 3 aliphatic rings. The van der Waals surface area contributed by atoms with Crippen molar-refractivity contribution in [3.8, 4) is 11.8 Å². The Bertz CT molecular complexity index is 1350. The molecule has 0 aliphatic carbocycles. The summed E-state index contributed by atoms with van der Waals surface area (Å²) in [5, 5.41) is -0.00526. The molecule has 0 aromatic rings. The number of esters is 1. The van der Waals surface area contributed by atoms with Crippen LogP contribution in [0, 0.1) is 11.8 Å². The van der Waals surface area contributed by atoms with Crippen LogP contribution in [0.15, 0.2) is 60.3 Å². The van der Waals surface area contributed by atoms with Crippen LogP contribution in [-0.4, -0.2) is 79.0 Å². The minimum absolute atomic E-state index is 0.0457. The number of cyclic esters (lactones) is 1. The summed E-state index contributed by atoms with van der Waals surface area (Å²) >= 11 is 0. The lowest BCUT2D eigenvalue weighted by molar-refractivity contribution is -0.145. The molecule has 1 unspecified atom stereocenters. The maximum absolute atomic E-state index is 13.4. The fourth-order valence-electron chi connectivity index (χ4n) is 5.82. The molecular weight excluding hydrogens is 673 g/mol. The summed E-state index contributed by atoms with van der Waals surface area (Å²) in [7, 11) is -2.71. The van der Waals surface area contributed by atoms with Crippen LogP contribution in [0.4, 0.5) is 0 Å². The number of rotatable bonds is 8. The third-order valence-corrected chi connectivity index (χ3v) is 20.1. The fourth-order valence-corrected chi connectivity index (χ4v) is 8.36. The summed E-state index contributed by atoms with van der Waals surface area (Å²) in [6.45, 7) is 29.7. The third kappa shape index (κ3) is 13.7. The molecule has 286 valence electrons. The summed E-state index contributed by atoms with van der Waals surface area (Å²) < 4.78 is 38.4. The summed E-state index contributed by atoms with van der Waals surface area (Å²) in [6.07, 6.45) is 17.8. The van der Waals surface area contributed by atoms with Crippen molar-refractivity contribution in [1.82, 2.24) is 0 Å². The monoisotopic (exact) mass is 740 g/mol. The second-order valence-corrected chi connectivity index (χ2v) is 27.0. The van der Waals surface area contributed by atoms with Gasteiger partial charge in [-0.1, -0.05) is 108 Å². The topological polar surface area (TPSA) is 72.5 Å². The molecule has 0 N–H and O–H groups in total. The van der Waals surface area contributed by atoms with Crippen molar-refractivity contribution in [2.45, 2.75) is 172 Å². The van der Waals surface area contributed by atoms with Crippen molar-refractivity contribution in [2.24, 2.45) is 0 Å². The first-order valence-electron chi connectivity index (χ1n) is 18.9. The van der Waals surface area contributed by atoms with E-state index in [-0.39, 0.29) is 40.6 Å². The Hall–Kier alpha value is -2.04. The van der Waals surface area contributed by atoms with Crippen LogP contribution in [0.1, 0.15) is 93.4 Å². The first-order valence-corrected chi connectivity index (χ1v) is 24.7. The van der Waals surface area contributed by atoms with Gasteiger partial charge in [0.1, 0.15) is 18.3 Å². The normalized spacial score (nSPS) is 29.3. The number of hydrogen-bond donors (Lipinski definition) is 0. The van der Waals surface area contributed by atoms with Gasteiger partial charge >= 0.3 is 5.97 Å². The molecule has 0 saturated carbocycles. The van der Waals surface area contributed by atoms with Crippen LogP contribution in [-0.2, 0) is 32.6 Å². The predicted molar refractivity (Wildman–Crippen MR) is 214 cm³/mol. The average Bonchev–Trinajstić information content (AvgIpc) is 3.01. The van der Waals surface area contributed by atoms with E-state index in [1.165, 1.54) is 5.57 Å². The highest BCUT2D eigenvalue weighted by molar-refractivity contribution is 6.74. The Labute approximate surface area is 312 Å². The molecule has 0 saturated heterocycles. The van der Waals surface area contributed by atoms with Crippen molar-refractivity contribution in [3.05, 3.63) is 60.3 Å². The van der Waals surface area contributed by atoms with Crippen LogP contribution in [0.5, 0.6) is 0 Å². The minimum Gasteiger partial charge on any atom is -0.449 e. The van der Waals surface area contributed by atoms with Crippen molar-refractivity contribution < 1.29 is 32.6 Å². The van der Waals surface area contributed by atoms with E-state index in [0.717, 1.165) is 37.7 Å². The maximum atomic E-state index is 13.4. The number of carbonyl (C=O) groups excluding carboxylic acids is 1. The molecule has 3 rings (SSSR count). The predicted octanol–water partition coefficient (Wildman–Crippen LogP) is 9.78. The van der Waals surface area contributed by atoms with Gasteiger partial charge in [0.05, 0.1) is 31.0 Å². The number of carbonyl (C=O) groups is 1. The Morgan fingerprint density at radius 1 is 1.02 bits per heavy atom. The van der Waals surface area contributed by atoms with E-state index in [2.05, 4.69) is 123 Å². The molecule has 0 amide bonds. The number of ether oxygens (including phenoxy) is 4. The zero-order valence-electron chi connectivity index (χ0n) is 33.8. The molecule has 3 heterocycles. The van der Waals surface area contributed by atoms with E-state index < -0.39 is 34.8 Å². The molecule has 0 radical (unpaired) electrons.